The minimum Gasteiger partial charge on any atom is -0.356 e. The summed E-state index contributed by atoms with van der Waals surface area (Å²) in [5.74, 6) is 0.731. The van der Waals surface area contributed by atoms with Gasteiger partial charge in [-0.3, -0.25) is 0 Å². The lowest BCUT2D eigenvalue weighted by Gasteiger charge is -2.52. The molecule has 0 bridgehead atoms. The van der Waals surface area contributed by atoms with Crippen LogP contribution >= 0.6 is 11.6 Å². The number of pyridine rings is 1. The van der Waals surface area contributed by atoms with Gasteiger partial charge in [-0.2, -0.15) is 0 Å². The van der Waals surface area contributed by atoms with Crippen molar-refractivity contribution in [2.24, 2.45) is 11.1 Å². The van der Waals surface area contributed by atoms with Crippen molar-refractivity contribution in [3.63, 3.8) is 0 Å². The maximum atomic E-state index is 13.7. The van der Waals surface area contributed by atoms with Gasteiger partial charge in [-0.25, -0.2) is 14.4 Å². The third-order valence-electron chi connectivity index (χ3n) is 7.39. The van der Waals surface area contributed by atoms with E-state index in [9.17, 15) is 4.39 Å². The maximum absolute atomic E-state index is 13.7. The molecule has 174 valence electrons. The summed E-state index contributed by atoms with van der Waals surface area (Å²) in [6.45, 7) is 2.56. The van der Waals surface area contributed by atoms with Crippen molar-refractivity contribution in [1.29, 1.82) is 0 Å². The number of nitrogens with two attached hydrogens (primary N) is 1. The minimum atomic E-state index is -0.234. The van der Waals surface area contributed by atoms with Crippen LogP contribution in [0.25, 0.3) is 22.2 Å². The lowest BCUT2D eigenvalue weighted by atomic mass is 9.62. The molecule has 2 aromatic heterocycles. The lowest BCUT2D eigenvalue weighted by Crippen LogP contribution is -2.55. The normalized spacial score (nSPS) is 22.3. The molecule has 2 aliphatic rings. The van der Waals surface area contributed by atoms with E-state index in [2.05, 4.69) is 33.1 Å². The summed E-state index contributed by atoms with van der Waals surface area (Å²) in [6.07, 6.45) is 8.19. The highest BCUT2D eigenvalue weighted by atomic mass is 35.5. The number of imidazole rings is 1. The highest BCUT2D eigenvalue weighted by molar-refractivity contribution is 6.33. The van der Waals surface area contributed by atoms with E-state index < -0.39 is 0 Å². The highest BCUT2D eigenvalue weighted by Gasteiger charge is 2.45. The number of fused-ring (bicyclic) bond motifs is 1. The van der Waals surface area contributed by atoms with Crippen LogP contribution in [0.15, 0.2) is 61.1 Å². The Labute approximate surface area is 203 Å². The molecule has 3 heterocycles. The Morgan fingerprint density at radius 2 is 2.00 bits per heavy atom. The summed E-state index contributed by atoms with van der Waals surface area (Å²) in [5.41, 5.74) is 11.2. The predicted molar refractivity (Wildman–Crippen MR) is 135 cm³/mol. The third kappa shape index (κ3) is 3.95. The second kappa shape index (κ2) is 8.36. The number of aromatic nitrogens is 3. The van der Waals surface area contributed by atoms with Gasteiger partial charge in [0.2, 0.25) is 0 Å². The summed E-state index contributed by atoms with van der Waals surface area (Å²) in [7, 11) is 0. The molecule has 2 aromatic carbocycles. The molecular formula is C27H27ClFN5. The first-order valence-electron chi connectivity index (χ1n) is 11.8. The van der Waals surface area contributed by atoms with Gasteiger partial charge in [-0.05, 0) is 72.6 Å². The first kappa shape index (κ1) is 21.6. The van der Waals surface area contributed by atoms with Crippen molar-refractivity contribution in [1.82, 2.24) is 14.5 Å². The molecule has 1 aliphatic heterocycles. The fraction of sp³-hybridized carbons (Fsp3) is 0.333. The van der Waals surface area contributed by atoms with Gasteiger partial charge in [0.15, 0.2) is 0 Å². The van der Waals surface area contributed by atoms with Crippen LogP contribution in [0, 0.1) is 11.2 Å². The molecule has 0 radical (unpaired) electrons. The number of nitrogens with zero attached hydrogens (tertiary/aromatic N) is 4. The minimum absolute atomic E-state index is 0.234. The number of anilines is 1. The SMILES string of the molecule is NC1CC2(CCCN(c3cc(-c4ccc5ncn(Cc6cccc(F)c6)c5c4)c(Cl)cn3)C2)C1. The predicted octanol–water partition coefficient (Wildman–Crippen LogP) is 5.65. The van der Waals surface area contributed by atoms with Gasteiger partial charge in [0.05, 0.1) is 22.4 Å². The third-order valence-corrected chi connectivity index (χ3v) is 7.69. The van der Waals surface area contributed by atoms with Crippen LogP contribution in [0.2, 0.25) is 5.02 Å². The molecule has 34 heavy (non-hydrogen) atoms. The van der Waals surface area contributed by atoms with E-state index in [-0.39, 0.29) is 5.82 Å². The first-order valence-corrected chi connectivity index (χ1v) is 12.2. The van der Waals surface area contributed by atoms with Crippen molar-refractivity contribution < 1.29 is 4.39 Å². The second-order valence-corrected chi connectivity index (χ2v) is 10.3. The molecule has 0 atom stereocenters. The van der Waals surface area contributed by atoms with Gasteiger partial charge in [-0.1, -0.05) is 29.8 Å². The molecule has 4 aromatic rings. The fourth-order valence-electron chi connectivity index (χ4n) is 5.79. The van der Waals surface area contributed by atoms with Gasteiger partial charge >= 0.3 is 0 Å². The summed E-state index contributed by atoms with van der Waals surface area (Å²) in [4.78, 5) is 11.6. The second-order valence-electron chi connectivity index (χ2n) is 9.92. The van der Waals surface area contributed by atoms with Gasteiger partial charge < -0.3 is 15.2 Å². The number of piperidine rings is 1. The van der Waals surface area contributed by atoms with Gasteiger partial charge in [-0.15, -0.1) is 0 Å². The van der Waals surface area contributed by atoms with Gasteiger partial charge in [0.25, 0.3) is 0 Å². The summed E-state index contributed by atoms with van der Waals surface area (Å²) < 4.78 is 15.7. The molecule has 0 amide bonds. The Kier molecular flexibility index (Phi) is 5.30. The zero-order valence-electron chi connectivity index (χ0n) is 18.9. The molecular weight excluding hydrogens is 449 g/mol. The van der Waals surface area contributed by atoms with E-state index in [1.807, 2.05) is 16.7 Å². The van der Waals surface area contributed by atoms with Crippen LogP contribution in [0.4, 0.5) is 10.2 Å². The Bertz CT molecular complexity index is 1350. The van der Waals surface area contributed by atoms with Crippen LogP contribution in [-0.4, -0.2) is 33.7 Å². The van der Waals surface area contributed by atoms with Gasteiger partial charge in [0.1, 0.15) is 11.6 Å². The van der Waals surface area contributed by atoms with Crippen molar-refractivity contribution in [2.75, 3.05) is 18.0 Å². The van der Waals surface area contributed by atoms with E-state index in [1.165, 1.54) is 12.5 Å². The van der Waals surface area contributed by atoms with Crippen molar-refractivity contribution in [2.45, 2.75) is 38.3 Å². The number of rotatable bonds is 4. The quantitative estimate of drug-likeness (QED) is 0.414. The molecule has 2 fully saturated rings. The van der Waals surface area contributed by atoms with E-state index >= 15 is 0 Å². The Morgan fingerprint density at radius 1 is 1.12 bits per heavy atom. The molecule has 6 rings (SSSR count). The molecule has 2 N–H and O–H groups in total. The van der Waals surface area contributed by atoms with Crippen molar-refractivity contribution >= 4 is 28.5 Å². The summed E-state index contributed by atoms with van der Waals surface area (Å²) in [5, 5.41) is 0.622. The topological polar surface area (TPSA) is 60.0 Å². The lowest BCUT2D eigenvalue weighted by molar-refractivity contribution is 0.0823. The highest BCUT2D eigenvalue weighted by Crippen LogP contribution is 2.47. The van der Waals surface area contributed by atoms with Crippen molar-refractivity contribution in [3.8, 4) is 11.1 Å². The van der Waals surface area contributed by atoms with E-state index in [0.717, 1.165) is 65.9 Å². The molecule has 0 unspecified atom stereocenters. The first-order chi connectivity index (χ1) is 16.5. The molecule has 1 saturated heterocycles. The zero-order valence-corrected chi connectivity index (χ0v) is 19.7. The van der Waals surface area contributed by atoms with Crippen LogP contribution in [0.5, 0.6) is 0 Å². The average Bonchev–Trinajstić information content (AvgIpc) is 3.20. The van der Waals surface area contributed by atoms with E-state index in [0.29, 0.717) is 23.0 Å². The van der Waals surface area contributed by atoms with Crippen LogP contribution in [-0.2, 0) is 6.54 Å². The Morgan fingerprint density at radius 3 is 2.82 bits per heavy atom. The monoisotopic (exact) mass is 475 g/mol. The van der Waals surface area contributed by atoms with Crippen LogP contribution in [0.1, 0.15) is 31.2 Å². The smallest absolute Gasteiger partial charge is 0.129 e. The molecule has 1 saturated carbocycles. The van der Waals surface area contributed by atoms with Crippen molar-refractivity contribution in [3.05, 3.63) is 77.5 Å². The number of hydrogen-bond donors (Lipinski definition) is 1. The Hall–Kier alpha value is -2.96. The zero-order chi connectivity index (χ0) is 23.3. The van der Waals surface area contributed by atoms with E-state index in [1.54, 1.807) is 24.7 Å². The van der Waals surface area contributed by atoms with Crippen LogP contribution < -0.4 is 10.6 Å². The molecule has 1 spiro atoms. The van der Waals surface area contributed by atoms with Gasteiger partial charge in [0, 0.05) is 37.4 Å². The Balaban J connectivity index is 1.32. The summed E-state index contributed by atoms with van der Waals surface area (Å²) >= 11 is 6.63. The van der Waals surface area contributed by atoms with Crippen LogP contribution in [0.3, 0.4) is 0 Å². The average molecular weight is 476 g/mol. The largest absolute Gasteiger partial charge is 0.356 e. The number of hydrogen-bond acceptors (Lipinski definition) is 4. The number of halogens is 2. The fourth-order valence-corrected chi connectivity index (χ4v) is 6.01. The maximum Gasteiger partial charge on any atom is 0.129 e. The number of benzene rings is 2. The molecule has 5 nitrogen and oxygen atoms in total. The molecule has 1 aliphatic carbocycles. The standard InChI is InChI=1S/C27H27ClFN5/c28-23-14-31-26(33-8-2-7-27(16-33)12-21(30)13-27)11-22(23)19-5-6-24-25(10-19)34(17-32-24)15-18-3-1-4-20(29)9-18/h1,3-6,9-11,14,17,21H,2,7-8,12-13,15-16,30H2. The molecule has 7 heteroatoms. The van der Waals surface area contributed by atoms with E-state index in [4.69, 9.17) is 17.3 Å². The summed E-state index contributed by atoms with van der Waals surface area (Å²) in [6, 6.07) is 15.3.